The van der Waals surface area contributed by atoms with Crippen molar-refractivity contribution in [3.05, 3.63) is 47.5 Å². The lowest BCUT2D eigenvalue weighted by atomic mass is 10.0. The zero-order valence-electron chi connectivity index (χ0n) is 36.4. The van der Waals surface area contributed by atoms with Gasteiger partial charge in [0, 0.05) is 0 Å². The molecule has 9 heteroatoms. The number of rotatable bonds is 20. The van der Waals surface area contributed by atoms with E-state index in [4.69, 9.17) is 27.5 Å². The Labute approximate surface area is 318 Å². The van der Waals surface area contributed by atoms with Gasteiger partial charge in [0.2, 0.25) is 16.6 Å². The minimum Gasteiger partial charge on any atom is -0.412 e. The molecule has 0 radical (unpaired) electrons. The zero-order chi connectivity index (χ0) is 39.2. The lowest BCUT2D eigenvalue weighted by Crippen LogP contribution is -2.53. The van der Waals surface area contributed by atoms with E-state index in [0.29, 0.717) is 59.7 Å². The third-order valence-corrected chi connectivity index (χ3v) is 28.7. The topological polar surface area (TPSA) is 55.4 Å². The molecule has 1 aliphatic rings. The van der Waals surface area contributed by atoms with Crippen molar-refractivity contribution in [1.29, 1.82) is 0 Å². The monoisotopic (exact) mass is 765 g/mol. The number of hydrogen-bond donors (Lipinski definition) is 0. The van der Waals surface area contributed by atoms with Crippen LogP contribution in [0.1, 0.15) is 123 Å². The molecule has 51 heavy (non-hydrogen) atoms. The molecule has 3 atom stereocenters. The normalized spacial score (nSPS) is 20.2. The Morgan fingerprint density at radius 1 is 0.745 bits per heavy atom. The molecular formula is C42H80O6Si3. The van der Waals surface area contributed by atoms with Crippen LogP contribution in [0.3, 0.4) is 0 Å². The summed E-state index contributed by atoms with van der Waals surface area (Å²) in [4.78, 5) is 0. The van der Waals surface area contributed by atoms with E-state index in [1.807, 2.05) is 32.0 Å². The van der Waals surface area contributed by atoms with Gasteiger partial charge in [0.05, 0.1) is 32.5 Å². The van der Waals surface area contributed by atoms with Crippen molar-refractivity contribution < 1.29 is 27.5 Å². The van der Waals surface area contributed by atoms with E-state index in [0.717, 1.165) is 11.1 Å². The van der Waals surface area contributed by atoms with Crippen molar-refractivity contribution in [2.75, 3.05) is 19.8 Å². The molecule has 0 saturated carbocycles. The van der Waals surface area contributed by atoms with Gasteiger partial charge in [-0.25, -0.2) is 0 Å². The van der Waals surface area contributed by atoms with Crippen LogP contribution in [0.4, 0.5) is 0 Å². The highest BCUT2D eigenvalue weighted by Crippen LogP contribution is 2.46. The fourth-order valence-electron chi connectivity index (χ4n) is 8.72. The average molecular weight is 765 g/mol. The third kappa shape index (κ3) is 11.4. The molecule has 0 bridgehead atoms. The number of hydrogen-bond acceptors (Lipinski definition) is 6. The van der Waals surface area contributed by atoms with Crippen LogP contribution in [0.25, 0.3) is 0 Å². The highest BCUT2D eigenvalue weighted by molar-refractivity contribution is 6.78. The van der Waals surface area contributed by atoms with Crippen LogP contribution in [0.15, 0.2) is 42.0 Å². The number of ether oxygens (including phenoxy) is 3. The standard InChI is InChI=1S/C42H80O6Si3/c1-30(2)50(31(3)4,32(5)6)44-26-25-37(28-45-51(33(7)8,34(9)10)35(11)12)39(48-49(18,19)41(13,14)15)40-38(46-42(16,17)47-40)29-43-27-36-23-21-20-22-24-36/h20-25,30-35,38-40H,26-29H2,1-19H3/b37-25+/t38-,39-,40+/m0/s1. The van der Waals surface area contributed by atoms with Gasteiger partial charge in [0.25, 0.3) is 0 Å². The lowest BCUT2D eigenvalue weighted by molar-refractivity contribution is -0.156. The summed E-state index contributed by atoms with van der Waals surface area (Å²) >= 11 is 0. The van der Waals surface area contributed by atoms with Crippen molar-refractivity contribution in [2.24, 2.45) is 0 Å². The van der Waals surface area contributed by atoms with Gasteiger partial charge in [0.1, 0.15) is 12.2 Å². The second-order valence-corrected chi connectivity index (χ2v) is 34.6. The lowest BCUT2D eigenvalue weighted by Gasteiger charge is -2.45. The molecule has 0 aromatic heterocycles. The molecule has 1 heterocycles. The molecule has 2 rings (SSSR count). The second kappa shape index (κ2) is 18.8. The summed E-state index contributed by atoms with van der Waals surface area (Å²) in [6, 6.07) is 10.3. The van der Waals surface area contributed by atoms with Crippen LogP contribution in [-0.4, -0.2) is 68.9 Å². The van der Waals surface area contributed by atoms with Crippen molar-refractivity contribution in [3.8, 4) is 0 Å². The van der Waals surface area contributed by atoms with Crippen molar-refractivity contribution in [1.82, 2.24) is 0 Å². The SMILES string of the molecule is CC(C)[Si](OC/C=C(\CO[Si](C(C)C)(C(C)C)C(C)C)[C@H](O[Si](C)(C)C(C)(C)C)[C@@H]1OC(C)(C)O[C@H]1COCc1ccccc1)(C(C)C)C(C)C. The Morgan fingerprint density at radius 3 is 1.67 bits per heavy atom. The van der Waals surface area contributed by atoms with Crippen molar-refractivity contribution in [3.63, 3.8) is 0 Å². The summed E-state index contributed by atoms with van der Waals surface area (Å²) < 4.78 is 42.0. The van der Waals surface area contributed by atoms with Crippen LogP contribution in [0.2, 0.25) is 51.4 Å². The van der Waals surface area contributed by atoms with E-state index in [1.165, 1.54) is 0 Å². The summed E-state index contributed by atoms with van der Waals surface area (Å²) in [6.07, 6.45) is 1.23. The zero-order valence-corrected chi connectivity index (χ0v) is 39.4. The smallest absolute Gasteiger partial charge is 0.200 e. The van der Waals surface area contributed by atoms with Gasteiger partial charge < -0.3 is 27.5 Å². The van der Waals surface area contributed by atoms with Gasteiger partial charge >= 0.3 is 0 Å². The van der Waals surface area contributed by atoms with Crippen LogP contribution >= 0.6 is 0 Å². The highest BCUT2D eigenvalue weighted by Gasteiger charge is 2.52. The Balaban J connectivity index is 2.73. The fraction of sp³-hybridized carbons (Fsp3) is 0.810. The van der Waals surface area contributed by atoms with Crippen LogP contribution in [-0.2, 0) is 34.1 Å². The molecule has 1 aliphatic heterocycles. The van der Waals surface area contributed by atoms with Gasteiger partial charge in [0.15, 0.2) is 14.1 Å². The quantitative estimate of drug-likeness (QED) is 0.0973. The molecule has 0 amide bonds. The van der Waals surface area contributed by atoms with Crippen molar-refractivity contribution in [2.45, 2.75) is 200 Å². The van der Waals surface area contributed by atoms with E-state index in [9.17, 15) is 0 Å². The molecule has 0 unspecified atom stereocenters. The Kier molecular flexibility index (Phi) is 17.2. The minimum absolute atomic E-state index is 0.0106. The second-order valence-electron chi connectivity index (χ2n) is 19.0. The summed E-state index contributed by atoms with van der Waals surface area (Å²) in [5.74, 6) is -0.787. The molecule has 1 fully saturated rings. The minimum atomic E-state index is -2.32. The van der Waals surface area contributed by atoms with Gasteiger partial charge in [-0.15, -0.1) is 0 Å². The molecule has 6 nitrogen and oxygen atoms in total. The summed E-state index contributed by atoms with van der Waals surface area (Å²) in [5, 5.41) is -0.0106. The Bertz CT molecular complexity index is 1160. The summed E-state index contributed by atoms with van der Waals surface area (Å²) in [6.45, 7) is 45.7. The van der Waals surface area contributed by atoms with Gasteiger partial charge in [-0.05, 0) is 76.4 Å². The molecule has 1 saturated heterocycles. The van der Waals surface area contributed by atoms with Gasteiger partial charge in [-0.3, -0.25) is 0 Å². The Hall–Kier alpha value is -0.629. The molecular weight excluding hydrogens is 685 g/mol. The maximum Gasteiger partial charge on any atom is 0.200 e. The fourth-order valence-corrected chi connectivity index (χ4v) is 20.8. The van der Waals surface area contributed by atoms with E-state index in [1.54, 1.807) is 0 Å². The average Bonchev–Trinajstić information content (AvgIpc) is 3.29. The van der Waals surface area contributed by atoms with E-state index in [-0.39, 0.29) is 23.4 Å². The molecule has 0 aliphatic carbocycles. The van der Waals surface area contributed by atoms with Crippen LogP contribution < -0.4 is 0 Å². The molecule has 1 aromatic carbocycles. The molecule has 296 valence electrons. The molecule has 0 spiro atoms. The number of benzene rings is 1. The predicted molar refractivity (Wildman–Crippen MR) is 224 cm³/mol. The first kappa shape index (κ1) is 46.5. The van der Waals surface area contributed by atoms with Crippen LogP contribution in [0.5, 0.6) is 0 Å². The summed E-state index contributed by atoms with van der Waals surface area (Å²) in [5.41, 5.74) is 5.10. The van der Waals surface area contributed by atoms with E-state index >= 15 is 0 Å². The molecule has 0 N–H and O–H groups in total. The highest BCUT2D eigenvalue weighted by atomic mass is 28.4. The predicted octanol–water partition coefficient (Wildman–Crippen LogP) is 12.4. The Morgan fingerprint density at radius 2 is 1.22 bits per heavy atom. The van der Waals surface area contributed by atoms with Crippen molar-refractivity contribution >= 4 is 25.0 Å². The van der Waals surface area contributed by atoms with E-state index < -0.39 is 30.7 Å². The maximum absolute atomic E-state index is 7.51. The van der Waals surface area contributed by atoms with Gasteiger partial charge in [-0.1, -0.05) is 140 Å². The maximum atomic E-state index is 7.51. The first-order valence-corrected chi connectivity index (χ1v) is 27.2. The largest absolute Gasteiger partial charge is 0.412 e. The van der Waals surface area contributed by atoms with Gasteiger partial charge in [-0.2, -0.15) is 0 Å². The van der Waals surface area contributed by atoms with Crippen LogP contribution in [0, 0.1) is 0 Å². The first-order valence-electron chi connectivity index (χ1n) is 20.0. The first-order chi connectivity index (χ1) is 23.4. The summed E-state index contributed by atoms with van der Waals surface area (Å²) in [7, 11) is -6.66. The third-order valence-electron chi connectivity index (χ3n) is 12.1. The van der Waals surface area contributed by atoms with E-state index in [2.05, 4.69) is 135 Å². The molecule has 1 aromatic rings.